The number of benzene rings is 2. The van der Waals surface area contributed by atoms with Gasteiger partial charge < -0.3 is 10.4 Å². The predicted molar refractivity (Wildman–Crippen MR) is 84.3 cm³/mol. The first-order valence-electron chi connectivity index (χ1n) is 6.81. The molecule has 2 rings (SSSR count). The van der Waals surface area contributed by atoms with E-state index < -0.39 is 6.10 Å². The van der Waals surface area contributed by atoms with Crippen LogP contribution in [0.2, 0.25) is 5.02 Å². The lowest BCUT2D eigenvalue weighted by Crippen LogP contribution is -2.29. The molecule has 0 aliphatic heterocycles. The third-order valence-electron chi connectivity index (χ3n) is 3.37. The number of carbonyl (C=O) groups is 1. The molecule has 3 nitrogen and oxygen atoms in total. The van der Waals surface area contributed by atoms with E-state index in [0.717, 1.165) is 11.1 Å². The summed E-state index contributed by atoms with van der Waals surface area (Å²) in [6.07, 6.45) is -0.499. The summed E-state index contributed by atoms with van der Waals surface area (Å²) in [4.78, 5) is 11.9. The minimum absolute atomic E-state index is 0.115. The van der Waals surface area contributed by atoms with Crippen molar-refractivity contribution in [2.45, 2.75) is 19.4 Å². The van der Waals surface area contributed by atoms with Crippen molar-refractivity contribution in [1.29, 1.82) is 0 Å². The Bertz CT molecular complexity index is 628. The minimum Gasteiger partial charge on any atom is -0.387 e. The average Bonchev–Trinajstić information content (AvgIpc) is 2.48. The highest BCUT2D eigenvalue weighted by Gasteiger charge is 2.13. The number of aliphatic hydroxyl groups is 1. The van der Waals surface area contributed by atoms with Crippen LogP contribution in [0.5, 0.6) is 0 Å². The van der Waals surface area contributed by atoms with E-state index in [4.69, 9.17) is 11.6 Å². The molecule has 0 saturated heterocycles. The first-order chi connectivity index (χ1) is 10.1. The molecular weight excluding hydrogens is 286 g/mol. The molecule has 110 valence electrons. The molecule has 2 aromatic carbocycles. The maximum atomic E-state index is 11.9. The maximum absolute atomic E-state index is 11.9. The Morgan fingerprint density at radius 3 is 2.57 bits per heavy atom. The Morgan fingerprint density at radius 1 is 1.19 bits per heavy atom. The molecule has 21 heavy (non-hydrogen) atoms. The van der Waals surface area contributed by atoms with Crippen LogP contribution in [0.15, 0.2) is 48.5 Å². The maximum Gasteiger partial charge on any atom is 0.224 e. The van der Waals surface area contributed by atoms with Gasteiger partial charge in [0.15, 0.2) is 0 Å². The zero-order valence-corrected chi connectivity index (χ0v) is 12.6. The van der Waals surface area contributed by atoms with Crippen molar-refractivity contribution in [2.24, 2.45) is 0 Å². The summed E-state index contributed by atoms with van der Waals surface area (Å²) in [5.74, 6) is -0.115. The van der Waals surface area contributed by atoms with E-state index >= 15 is 0 Å². The third kappa shape index (κ3) is 4.31. The molecule has 0 saturated carbocycles. The summed E-state index contributed by atoms with van der Waals surface area (Å²) >= 11 is 6.01. The number of carbonyl (C=O) groups excluding carboxylic acids is 1. The van der Waals surface area contributed by atoms with Crippen molar-refractivity contribution in [1.82, 2.24) is 5.32 Å². The van der Waals surface area contributed by atoms with E-state index in [2.05, 4.69) is 5.32 Å². The van der Waals surface area contributed by atoms with Gasteiger partial charge in [-0.15, -0.1) is 0 Å². The van der Waals surface area contributed by atoms with Gasteiger partial charge in [-0.05, 0) is 24.1 Å². The van der Waals surface area contributed by atoms with Gasteiger partial charge in [0.1, 0.15) is 0 Å². The van der Waals surface area contributed by atoms with Crippen molar-refractivity contribution >= 4 is 17.5 Å². The van der Waals surface area contributed by atoms with Gasteiger partial charge in [0, 0.05) is 17.1 Å². The Morgan fingerprint density at radius 2 is 1.86 bits per heavy atom. The summed E-state index contributed by atoms with van der Waals surface area (Å²) in [6, 6.07) is 14.8. The summed E-state index contributed by atoms with van der Waals surface area (Å²) in [7, 11) is 0. The van der Waals surface area contributed by atoms with Gasteiger partial charge in [0.2, 0.25) is 5.91 Å². The summed E-state index contributed by atoms with van der Waals surface area (Å²) < 4.78 is 0. The van der Waals surface area contributed by atoms with E-state index in [0.29, 0.717) is 17.0 Å². The van der Waals surface area contributed by atoms with Gasteiger partial charge in [-0.25, -0.2) is 0 Å². The van der Waals surface area contributed by atoms with E-state index in [9.17, 15) is 9.90 Å². The van der Waals surface area contributed by atoms with Crippen molar-refractivity contribution in [3.63, 3.8) is 0 Å². The van der Waals surface area contributed by atoms with Crippen molar-refractivity contribution in [2.75, 3.05) is 6.54 Å². The lowest BCUT2D eigenvalue weighted by molar-refractivity contribution is -0.120. The quantitative estimate of drug-likeness (QED) is 0.892. The van der Waals surface area contributed by atoms with Gasteiger partial charge in [-0.3, -0.25) is 4.79 Å². The van der Waals surface area contributed by atoms with E-state index in [1.54, 1.807) is 24.3 Å². The molecule has 1 unspecified atom stereocenters. The minimum atomic E-state index is -0.806. The number of hydrogen-bond donors (Lipinski definition) is 2. The van der Waals surface area contributed by atoms with Crippen molar-refractivity contribution in [3.8, 4) is 0 Å². The molecule has 1 amide bonds. The molecule has 0 aromatic heterocycles. The lowest BCUT2D eigenvalue weighted by Gasteiger charge is -2.14. The highest BCUT2D eigenvalue weighted by atomic mass is 35.5. The van der Waals surface area contributed by atoms with Crippen LogP contribution in [0.25, 0.3) is 0 Å². The molecule has 1 atom stereocenters. The number of halogens is 1. The van der Waals surface area contributed by atoms with Gasteiger partial charge in [-0.1, -0.05) is 54.1 Å². The number of amides is 1. The molecular formula is C17H18ClNO2. The van der Waals surface area contributed by atoms with Gasteiger partial charge >= 0.3 is 0 Å². The molecule has 0 bridgehead atoms. The molecule has 0 aliphatic carbocycles. The molecule has 4 heteroatoms. The van der Waals surface area contributed by atoms with Crippen molar-refractivity contribution < 1.29 is 9.90 Å². The summed E-state index contributed by atoms with van der Waals surface area (Å²) in [5.41, 5.74) is 2.69. The van der Waals surface area contributed by atoms with Crippen LogP contribution in [-0.2, 0) is 11.2 Å². The monoisotopic (exact) mass is 303 g/mol. The van der Waals surface area contributed by atoms with E-state index in [1.165, 1.54) is 0 Å². The zero-order chi connectivity index (χ0) is 15.2. The fourth-order valence-electron chi connectivity index (χ4n) is 2.11. The number of aliphatic hydroxyl groups excluding tert-OH is 1. The predicted octanol–water partition coefficient (Wildman–Crippen LogP) is 3.04. The Hall–Kier alpha value is -1.84. The smallest absolute Gasteiger partial charge is 0.224 e. The van der Waals surface area contributed by atoms with Crippen LogP contribution in [-0.4, -0.2) is 17.6 Å². The summed E-state index contributed by atoms with van der Waals surface area (Å²) in [6.45, 7) is 2.12. The fourth-order valence-corrected chi connectivity index (χ4v) is 2.37. The number of aryl methyl sites for hydroxylation is 1. The normalized spacial score (nSPS) is 12.0. The van der Waals surface area contributed by atoms with Crippen molar-refractivity contribution in [3.05, 3.63) is 70.2 Å². The molecule has 0 spiro atoms. The van der Waals surface area contributed by atoms with Crippen LogP contribution in [0.4, 0.5) is 0 Å². The molecule has 2 aromatic rings. The standard InChI is InChI=1S/C17H18ClNO2/c1-12-6-2-3-7-13(12)10-17(21)19-11-16(20)14-8-4-5-9-15(14)18/h2-9,16,20H,10-11H2,1H3,(H,19,21). The van der Waals surface area contributed by atoms with Crippen LogP contribution >= 0.6 is 11.6 Å². The number of nitrogens with one attached hydrogen (secondary N) is 1. The SMILES string of the molecule is Cc1ccccc1CC(=O)NCC(O)c1ccccc1Cl. The van der Waals surface area contributed by atoms with Crippen LogP contribution in [0.1, 0.15) is 22.8 Å². The second-order valence-corrected chi connectivity index (χ2v) is 5.35. The van der Waals surface area contributed by atoms with E-state index in [1.807, 2.05) is 31.2 Å². The Labute approximate surface area is 129 Å². The van der Waals surface area contributed by atoms with Crippen LogP contribution in [0.3, 0.4) is 0 Å². The highest BCUT2D eigenvalue weighted by molar-refractivity contribution is 6.31. The topological polar surface area (TPSA) is 49.3 Å². The highest BCUT2D eigenvalue weighted by Crippen LogP contribution is 2.21. The van der Waals surface area contributed by atoms with E-state index in [-0.39, 0.29) is 12.5 Å². The Balaban J connectivity index is 1.90. The number of rotatable bonds is 5. The number of hydrogen-bond acceptors (Lipinski definition) is 2. The molecule has 0 fully saturated rings. The first-order valence-corrected chi connectivity index (χ1v) is 7.19. The zero-order valence-electron chi connectivity index (χ0n) is 11.8. The van der Waals surface area contributed by atoms with Gasteiger partial charge in [0.05, 0.1) is 12.5 Å². The van der Waals surface area contributed by atoms with Crippen LogP contribution < -0.4 is 5.32 Å². The summed E-state index contributed by atoms with van der Waals surface area (Å²) in [5, 5.41) is 13.3. The lowest BCUT2D eigenvalue weighted by atomic mass is 10.1. The van der Waals surface area contributed by atoms with Gasteiger partial charge in [-0.2, -0.15) is 0 Å². The first kappa shape index (κ1) is 15.5. The molecule has 0 aliphatic rings. The molecule has 0 heterocycles. The molecule has 0 radical (unpaired) electrons. The van der Waals surface area contributed by atoms with Crippen LogP contribution in [0, 0.1) is 6.92 Å². The fraction of sp³-hybridized carbons (Fsp3) is 0.235. The average molecular weight is 304 g/mol. The van der Waals surface area contributed by atoms with Gasteiger partial charge in [0.25, 0.3) is 0 Å². The second-order valence-electron chi connectivity index (χ2n) is 4.94. The molecule has 2 N–H and O–H groups in total. The third-order valence-corrected chi connectivity index (χ3v) is 3.71. The second kappa shape index (κ2) is 7.25. The largest absolute Gasteiger partial charge is 0.387 e. The Kier molecular flexibility index (Phi) is 5.37.